The number of benzene rings is 5. The fourth-order valence-electron chi connectivity index (χ4n) is 9.24. The van der Waals surface area contributed by atoms with Gasteiger partial charge in [0.05, 0.1) is 6.07 Å². The Labute approximate surface area is 322 Å². The van der Waals surface area contributed by atoms with Crippen LogP contribution in [0.5, 0.6) is 0 Å². The number of hydrogen-bond donors (Lipinski definition) is 1. The first kappa shape index (κ1) is 35.6. The summed E-state index contributed by atoms with van der Waals surface area (Å²) in [6.45, 7) is 1.18. The zero-order chi connectivity index (χ0) is 36.6. The molecule has 8 rings (SSSR count). The second-order valence-electron chi connectivity index (χ2n) is 15.5. The van der Waals surface area contributed by atoms with Crippen molar-refractivity contribution in [2.45, 2.75) is 87.5 Å². The smallest absolute Gasteiger partial charge is 0.0621 e. The highest BCUT2D eigenvalue weighted by Gasteiger charge is 2.43. The zero-order valence-corrected chi connectivity index (χ0v) is 31.3. The maximum absolute atomic E-state index is 9.38. The van der Waals surface area contributed by atoms with E-state index in [9.17, 15) is 5.26 Å². The van der Waals surface area contributed by atoms with E-state index in [0.29, 0.717) is 6.42 Å². The van der Waals surface area contributed by atoms with E-state index in [1.165, 1.54) is 82.3 Å². The minimum Gasteiger partial charge on any atom is -0.311 e. The van der Waals surface area contributed by atoms with Crippen LogP contribution in [0.3, 0.4) is 0 Å². The molecule has 0 spiro atoms. The number of rotatable bonds is 17. The minimum absolute atomic E-state index is 0.0631. The van der Waals surface area contributed by atoms with Gasteiger partial charge < -0.3 is 5.32 Å². The Balaban J connectivity index is 1.27. The van der Waals surface area contributed by atoms with Crippen LogP contribution in [0.15, 0.2) is 146 Å². The molecule has 3 atom stereocenters. The molecule has 2 aliphatic rings. The van der Waals surface area contributed by atoms with Crippen molar-refractivity contribution in [1.29, 1.82) is 5.26 Å². The molecule has 6 aromatic rings. The topological polar surface area (TPSA) is 45.7 Å². The van der Waals surface area contributed by atoms with Gasteiger partial charge in [-0.3, -0.25) is 0 Å². The summed E-state index contributed by atoms with van der Waals surface area (Å²) in [6, 6.07) is 63.8. The molecule has 1 aliphatic heterocycles. The normalized spacial score (nSPS) is 15.0. The SMILES string of the molecule is N#CCCCCCC1(CCCCCC2CN2)c2cc(C(c3c#cccc3)c3ccccc3)ccc2-c2ccc(C(c3ccccc3)c3ccccc3)cc21. The lowest BCUT2D eigenvalue weighted by Crippen LogP contribution is -2.26. The van der Waals surface area contributed by atoms with Gasteiger partial charge in [0.15, 0.2) is 0 Å². The van der Waals surface area contributed by atoms with Gasteiger partial charge in [-0.2, -0.15) is 5.26 Å². The molecule has 0 amide bonds. The summed E-state index contributed by atoms with van der Waals surface area (Å²) in [5.74, 6) is 0.205. The number of nitrogens with one attached hydrogen (secondary N) is 1. The van der Waals surface area contributed by atoms with Crippen molar-refractivity contribution in [3.05, 3.63) is 202 Å². The molecule has 2 heteroatoms. The van der Waals surface area contributed by atoms with Gasteiger partial charge in [0.2, 0.25) is 0 Å². The van der Waals surface area contributed by atoms with Crippen molar-refractivity contribution < 1.29 is 0 Å². The van der Waals surface area contributed by atoms with Crippen molar-refractivity contribution >= 4 is 0 Å². The van der Waals surface area contributed by atoms with E-state index in [0.717, 1.165) is 43.7 Å². The first-order valence-corrected chi connectivity index (χ1v) is 20.2. The van der Waals surface area contributed by atoms with Crippen LogP contribution in [0.1, 0.15) is 121 Å². The Kier molecular flexibility index (Phi) is 11.0. The third-order valence-corrected chi connectivity index (χ3v) is 12.0. The van der Waals surface area contributed by atoms with Crippen LogP contribution in [0, 0.1) is 23.5 Å². The molecule has 1 N–H and O–H groups in total. The van der Waals surface area contributed by atoms with Crippen molar-refractivity contribution in [3.8, 4) is 17.2 Å². The third kappa shape index (κ3) is 7.64. The van der Waals surface area contributed by atoms with Gasteiger partial charge in [-0.1, -0.05) is 178 Å². The lowest BCUT2D eigenvalue weighted by molar-refractivity contribution is 0.400. The highest BCUT2D eigenvalue weighted by Crippen LogP contribution is 2.56. The second kappa shape index (κ2) is 16.7. The van der Waals surface area contributed by atoms with Crippen LogP contribution >= 0.6 is 0 Å². The van der Waals surface area contributed by atoms with Crippen LogP contribution in [-0.2, 0) is 5.41 Å². The van der Waals surface area contributed by atoms with Crippen LogP contribution in [-0.4, -0.2) is 12.6 Å². The van der Waals surface area contributed by atoms with Crippen molar-refractivity contribution in [2.75, 3.05) is 6.54 Å². The Morgan fingerprint density at radius 3 is 1.65 bits per heavy atom. The van der Waals surface area contributed by atoms with Gasteiger partial charge in [0.25, 0.3) is 0 Å². The van der Waals surface area contributed by atoms with Gasteiger partial charge in [-0.05, 0) is 87.9 Å². The summed E-state index contributed by atoms with van der Waals surface area (Å²) in [5.41, 5.74) is 13.3. The maximum Gasteiger partial charge on any atom is 0.0621 e. The first-order chi connectivity index (χ1) is 26.7. The summed E-state index contributed by atoms with van der Waals surface area (Å²) in [6.07, 6.45) is 11.0. The van der Waals surface area contributed by atoms with Gasteiger partial charge in [-0.15, -0.1) is 0 Å². The molecule has 0 aromatic heterocycles. The molecule has 0 saturated carbocycles. The summed E-state index contributed by atoms with van der Waals surface area (Å²) in [5, 5.41) is 12.9. The molecule has 1 fully saturated rings. The molecule has 1 heterocycles. The molecule has 54 heavy (non-hydrogen) atoms. The number of hydrogen-bond acceptors (Lipinski definition) is 2. The Morgan fingerprint density at radius 1 is 0.593 bits per heavy atom. The van der Waals surface area contributed by atoms with E-state index in [1.807, 2.05) is 6.07 Å². The third-order valence-electron chi connectivity index (χ3n) is 12.0. The lowest BCUT2D eigenvalue weighted by atomic mass is 9.69. The standard InChI is InChI=1S/C52H50N2/c53-35-19-2-1-17-33-52(34-18-7-16-28-45-38-54-45)48-36-43(50(39-20-8-3-9-21-39)40-22-10-4-11-23-40)29-31-46(48)47-32-30-44(37-49(47)52)51(41-24-12-5-13-25-41)42-26-14-6-15-27-42/h3-6,8-14,20-26,29-32,36-37,45,50-51,54H,1-2,7,16-19,28,33-34,38H2. The fraction of sp³-hybridized carbons (Fsp3) is 0.288. The van der Waals surface area contributed by atoms with Crippen molar-refractivity contribution in [1.82, 2.24) is 5.32 Å². The molecule has 2 nitrogen and oxygen atoms in total. The zero-order valence-electron chi connectivity index (χ0n) is 31.3. The summed E-state index contributed by atoms with van der Waals surface area (Å²) >= 11 is 0. The number of unbranched alkanes of at least 4 members (excludes halogenated alkanes) is 5. The predicted octanol–water partition coefficient (Wildman–Crippen LogP) is 12.3. The maximum atomic E-state index is 9.38. The van der Waals surface area contributed by atoms with E-state index in [2.05, 4.69) is 163 Å². The lowest BCUT2D eigenvalue weighted by Gasteiger charge is -2.34. The average Bonchev–Trinajstić information content (AvgIpc) is 4.02. The Hall–Kier alpha value is -5.41. The van der Waals surface area contributed by atoms with Gasteiger partial charge in [0.1, 0.15) is 0 Å². The Morgan fingerprint density at radius 2 is 1.13 bits per heavy atom. The molecule has 6 aromatic carbocycles. The van der Waals surface area contributed by atoms with Crippen LogP contribution < -0.4 is 5.32 Å². The molecular weight excluding hydrogens is 653 g/mol. The van der Waals surface area contributed by atoms with E-state index < -0.39 is 0 Å². The average molecular weight is 703 g/mol. The van der Waals surface area contributed by atoms with Crippen LogP contribution in [0.4, 0.5) is 0 Å². The van der Waals surface area contributed by atoms with Crippen molar-refractivity contribution in [2.24, 2.45) is 0 Å². The quantitative estimate of drug-likeness (QED) is 0.0584. The first-order valence-electron chi connectivity index (χ1n) is 20.2. The number of fused-ring (bicyclic) bond motifs is 3. The van der Waals surface area contributed by atoms with E-state index in [4.69, 9.17) is 0 Å². The molecule has 1 aliphatic carbocycles. The molecule has 3 unspecified atom stereocenters. The van der Waals surface area contributed by atoms with Gasteiger partial charge in [0, 0.05) is 41.8 Å². The van der Waals surface area contributed by atoms with E-state index in [1.54, 1.807) is 0 Å². The summed E-state index contributed by atoms with van der Waals surface area (Å²) in [4.78, 5) is 0. The molecule has 1 saturated heterocycles. The van der Waals surface area contributed by atoms with Crippen LogP contribution in [0.2, 0.25) is 0 Å². The molecule has 268 valence electrons. The van der Waals surface area contributed by atoms with E-state index >= 15 is 0 Å². The molecule has 0 radical (unpaired) electrons. The summed E-state index contributed by atoms with van der Waals surface area (Å²) < 4.78 is 0. The largest absolute Gasteiger partial charge is 0.311 e. The van der Waals surface area contributed by atoms with E-state index in [-0.39, 0.29) is 17.3 Å². The molecular formula is C52H50N2. The number of nitriles is 1. The minimum atomic E-state index is -0.118. The second-order valence-corrected chi connectivity index (χ2v) is 15.5. The van der Waals surface area contributed by atoms with Crippen LogP contribution in [0.25, 0.3) is 11.1 Å². The highest BCUT2D eigenvalue weighted by molar-refractivity contribution is 5.82. The van der Waals surface area contributed by atoms with Gasteiger partial charge >= 0.3 is 0 Å². The highest BCUT2D eigenvalue weighted by atomic mass is 15.1. The summed E-state index contributed by atoms with van der Waals surface area (Å²) in [7, 11) is 0. The predicted molar refractivity (Wildman–Crippen MR) is 222 cm³/mol. The number of nitrogens with zero attached hydrogens (tertiary/aromatic N) is 1. The van der Waals surface area contributed by atoms with Gasteiger partial charge in [-0.25, -0.2) is 0 Å². The van der Waals surface area contributed by atoms with Crippen molar-refractivity contribution in [3.63, 3.8) is 0 Å². The Bertz CT molecular complexity index is 1930. The molecule has 0 bridgehead atoms. The fourth-order valence-corrected chi connectivity index (χ4v) is 9.24. The monoisotopic (exact) mass is 702 g/mol.